The van der Waals surface area contributed by atoms with Crippen molar-refractivity contribution in [2.24, 2.45) is 0 Å². The molecule has 0 fully saturated rings. The first-order valence-corrected chi connectivity index (χ1v) is 8.27. The maximum Gasteiger partial charge on any atom is 0.0439 e. The molecular weight excluding hydrogens is 343 g/mol. The van der Waals surface area contributed by atoms with Crippen molar-refractivity contribution in [2.45, 2.75) is 62.7 Å². The number of rotatable bonds is 6. The van der Waals surface area contributed by atoms with E-state index in [1.165, 1.54) is 16.7 Å². The first-order valence-electron chi connectivity index (χ1n) is 7.19. The summed E-state index contributed by atoms with van der Waals surface area (Å²) in [7, 11) is 0. The number of hydrogen-bond acceptors (Lipinski definition) is 0. The summed E-state index contributed by atoms with van der Waals surface area (Å²) >= 11 is 2.55. The zero-order valence-corrected chi connectivity index (χ0v) is 15.2. The van der Waals surface area contributed by atoms with Gasteiger partial charge in [0.15, 0.2) is 0 Å². The van der Waals surface area contributed by atoms with Crippen LogP contribution in [0.2, 0.25) is 0 Å². The van der Waals surface area contributed by atoms with Crippen LogP contribution in [0, 0.1) is 0 Å². The van der Waals surface area contributed by atoms with Crippen molar-refractivity contribution < 1.29 is 0 Å². The third-order valence-electron chi connectivity index (χ3n) is 4.12. The highest BCUT2D eigenvalue weighted by Gasteiger charge is 2.24. The molecule has 0 N–H and O–H groups in total. The maximum absolute atomic E-state index is 4.15. The molecule has 0 saturated heterocycles. The molecule has 0 heterocycles. The molecule has 1 heteroatoms. The van der Waals surface area contributed by atoms with Crippen LogP contribution in [0.3, 0.4) is 0 Å². The summed E-state index contributed by atoms with van der Waals surface area (Å²) in [6.07, 6.45) is 3.30. The highest BCUT2D eigenvalue weighted by molar-refractivity contribution is 14.1. The summed E-state index contributed by atoms with van der Waals surface area (Å²) in [5.41, 5.74) is 4.35. The minimum Gasteiger partial charge on any atom is -0.0998 e. The fourth-order valence-corrected chi connectivity index (χ4v) is 2.68. The fourth-order valence-electron chi connectivity index (χ4n) is 2.33. The Morgan fingerprint density at radius 3 is 1.95 bits per heavy atom. The molecule has 0 aromatic heterocycles. The van der Waals surface area contributed by atoms with Crippen molar-refractivity contribution in [1.82, 2.24) is 0 Å². The molecule has 106 valence electrons. The van der Waals surface area contributed by atoms with E-state index in [1.807, 2.05) is 0 Å². The number of benzene rings is 1. The SMILES string of the molecule is C=C(CC)CC(C)(C)c1ccc(C(C)(I)CC)cc1. The van der Waals surface area contributed by atoms with Gasteiger partial charge in [0.05, 0.1) is 0 Å². The Morgan fingerprint density at radius 2 is 1.53 bits per heavy atom. The number of alkyl halides is 1. The van der Waals surface area contributed by atoms with Gasteiger partial charge in [-0.1, -0.05) is 86.7 Å². The molecule has 1 unspecified atom stereocenters. The zero-order chi connectivity index (χ0) is 14.7. The molecule has 1 aromatic carbocycles. The fraction of sp³-hybridized carbons (Fsp3) is 0.556. The third kappa shape index (κ3) is 4.34. The van der Waals surface area contributed by atoms with E-state index in [1.54, 1.807) is 0 Å². The first-order chi connectivity index (χ1) is 8.73. The lowest BCUT2D eigenvalue weighted by atomic mass is 9.78. The average molecular weight is 370 g/mol. The van der Waals surface area contributed by atoms with Gasteiger partial charge in [-0.25, -0.2) is 0 Å². The summed E-state index contributed by atoms with van der Waals surface area (Å²) in [5.74, 6) is 0. The molecule has 0 radical (unpaired) electrons. The van der Waals surface area contributed by atoms with Crippen LogP contribution in [-0.4, -0.2) is 0 Å². The Labute approximate surface area is 132 Å². The van der Waals surface area contributed by atoms with Crippen molar-refractivity contribution in [2.75, 3.05) is 0 Å². The lowest BCUT2D eigenvalue weighted by molar-refractivity contribution is 0.513. The third-order valence-corrected chi connectivity index (χ3v) is 5.51. The summed E-state index contributed by atoms with van der Waals surface area (Å²) in [6.45, 7) is 15.5. The molecule has 0 aliphatic heterocycles. The van der Waals surface area contributed by atoms with Crippen molar-refractivity contribution >= 4 is 22.6 Å². The Balaban J connectivity index is 2.95. The summed E-state index contributed by atoms with van der Waals surface area (Å²) in [5, 5.41) is 0. The summed E-state index contributed by atoms with van der Waals surface area (Å²) in [6, 6.07) is 9.18. The van der Waals surface area contributed by atoms with Crippen molar-refractivity contribution in [3.05, 3.63) is 47.5 Å². The van der Waals surface area contributed by atoms with E-state index in [9.17, 15) is 0 Å². The van der Waals surface area contributed by atoms with Crippen molar-refractivity contribution in [3.63, 3.8) is 0 Å². The van der Waals surface area contributed by atoms with Gasteiger partial charge in [-0.3, -0.25) is 0 Å². The van der Waals surface area contributed by atoms with Crippen LogP contribution >= 0.6 is 22.6 Å². The van der Waals surface area contributed by atoms with Crippen molar-refractivity contribution in [3.8, 4) is 0 Å². The molecule has 0 saturated carbocycles. The maximum atomic E-state index is 4.15. The van der Waals surface area contributed by atoms with E-state index in [2.05, 4.69) is 88.1 Å². The average Bonchev–Trinajstić information content (AvgIpc) is 2.38. The number of hydrogen-bond donors (Lipinski definition) is 0. The van der Waals surface area contributed by atoms with Crippen LogP contribution < -0.4 is 0 Å². The monoisotopic (exact) mass is 370 g/mol. The van der Waals surface area contributed by atoms with Gasteiger partial charge in [-0.2, -0.15) is 0 Å². The molecule has 0 nitrogen and oxygen atoms in total. The Hall–Kier alpha value is -0.310. The lowest BCUT2D eigenvalue weighted by Gasteiger charge is -2.28. The predicted octanol–water partition coefficient (Wildman–Crippen LogP) is 6.38. The second-order valence-electron chi connectivity index (χ2n) is 6.29. The predicted molar refractivity (Wildman–Crippen MR) is 95.2 cm³/mol. The van der Waals surface area contributed by atoms with Crippen LogP contribution in [0.25, 0.3) is 0 Å². The van der Waals surface area contributed by atoms with E-state index in [0.717, 1.165) is 19.3 Å². The van der Waals surface area contributed by atoms with Crippen LogP contribution in [0.1, 0.15) is 65.0 Å². The largest absolute Gasteiger partial charge is 0.0998 e. The van der Waals surface area contributed by atoms with Gasteiger partial charge < -0.3 is 0 Å². The van der Waals surface area contributed by atoms with Gasteiger partial charge in [0.25, 0.3) is 0 Å². The minimum atomic E-state index is 0.180. The molecule has 0 amide bonds. The second kappa shape index (κ2) is 6.43. The Morgan fingerprint density at radius 1 is 1.05 bits per heavy atom. The van der Waals surface area contributed by atoms with Crippen molar-refractivity contribution in [1.29, 1.82) is 0 Å². The minimum absolute atomic E-state index is 0.180. The molecule has 1 aromatic rings. The van der Waals surface area contributed by atoms with Gasteiger partial charge in [-0.15, -0.1) is 0 Å². The van der Waals surface area contributed by atoms with Crippen LogP contribution in [-0.2, 0) is 8.84 Å². The molecule has 0 spiro atoms. The summed E-state index contributed by atoms with van der Waals surface area (Å²) in [4.78, 5) is 0. The molecule has 1 atom stereocenters. The Bertz CT molecular complexity index is 424. The van der Waals surface area contributed by atoms with Gasteiger partial charge >= 0.3 is 0 Å². The highest BCUT2D eigenvalue weighted by Crippen LogP contribution is 2.37. The summed E-state index contributed by atoms with van der Waals surface area (Å²) < 4.78 is 0.244. The van der Waals surface area contributed by atoms with Crippen LogP contribution in [0.4, 0.5) is 0 Å². The zero-order valence-electron chi connectivity index (χ0n) is 13.0. The molecule has 0 aliphatic carbocycles. The van der Waals surface area contributed by atoms with E-state index < -0.39 is 0 Å². The Kier molecular flexibility index (Phi) is 5.66. The molecular formula is C18H27I. The lowest BCUT2D eigenvalue weighted by Crippen LogP contribution is -2.18. The quantitative estimate of drug-likeness (QED) is 0.310. The second-order valence-corrected chi connectivity index (χ2v) is 8.67. The normalized spacial score (nSPS) is 15.1. The van der Waals surface area contributed by atoms with Crippen LogP contribution in [0.15, 0.2) is 36.4 Å². The standard InChI is InChI=1S/C18H27I/c1-7-14(3)13-17(4,5)15-9-11-16(12-10-15)18(6,19)8-2/h9-12H,3,7-8,13H2,1-2,4-6H3. The number of halogens is 1. The first kappa shape index (κ1) is 16.7. The van der Waals surface area contributed by atoms with Gasteiger partial charge in [-0.05, 0) is 42.7 Å². The molecule has 0 aliphatic rings. The molecule has 1 rings (SSSR count). The number of allylic oxidation sites excluding steroid dienone is 1. The smallest absolute Gasteiger partial charge is 0.0439 e. The van der Waals surface area contributed by atoms with Gasteiger partial charge in [0.2, 0.25) is 0 Å². The van der Waals surface area contributed by atoms with E-state index in [4.69, 9.17) is 0 Å². The molecule has 0 bridgehead atoms. The van der Waals surface area contributed by atoms with Crippen LogP contribution in [0.5, 0.6) is 0 Å². The van der Waals surface area contributed by atoms with E-state index >= 15 is 0 Å². The van der Waals surface area contributed by atoms with Gasteiger partial charge in [0.1, 0.15) is 0 Å². The highest BCUT2D eigenvalue weighted by atomic mass is 127. The van der Waals surface area contributed by atoms with E-state index in [-0.39, 0.29) is 8.84 Å². The topological polar surface area (TPSA) is 0 Å². The van der Waals surface area contributed by atoms with Gasteiger partial charge in [0, 0.05) is 3.42 Å². The molecule has 19 heavy (non-hydrogen) atoms. The van der Waals surface area contributed by atoms with E-state index in [0.29, 0.717) is 0 Å².